The number of thioether (sulfide) groups is 1. The molecule has 0 amide bonds. The highest BCUT2D eigenvalue weighted by Crippen LogP contribution is 2.37. The number of rotatable bonds is 5. The average Bonchev–Trinajstić information content (AvgIpc) is 3.48. The molecule has 1 aromatic carbocycles. The van der Waals surface area contributed by atoms with Crippen LogP contribution in [0, 0.1) is 0 Å². The van der Waals surface area contributed by atoms with Crippen LogP contribution in [-0.2, 0) is 0 Å². The summed E-state index contributed by atoms with van der Waals surface area (Å²) in [6.45, 7) is 2.02. The quantitative estimate of drug-likeness (QED) is 0.307. The van der Waals surface area contributed by atoms with Gasteiger partial charge in [-0.15, -0.1) is 11.3 Å². The zero-order valence-corrected chi connectivity index (χ0v) is 16.4. The fourth-order valence-electron chi connectivity index (χ4n) is 2.80. The molecule has 0 aliphatic carbocycles. The zero-order valence-electron chi connectivity index (χ0n) is 14.8. The molecule has 0 N–H and O–H groups in total. The van der Waals surface area contributed by atoms with Crippen LogP contribution in [0.15, 0.2) is 69.9 Å². The number of aromatic nitrogens is 6. The Morgan fingerprint density at radius 3 is 2.82 bits per heavy atom. The molecule has 138 valence electrons. The smallest absolute Gasteiger partial charge is 0.240 e. The molecule has 0 radical (unpaired) electrons. The molecular weight excluding hydrogens is 392 g/mol. The van der Waals surface area contributed by atoms with Gasteiger partial charge in [0.25, 0.3) is 0 Å². The first-order valence-electron chi connectivity index (χ1n) is 8.58. The van der Waals surface area contributed by atoms with Gasteiger partial charge in [-0.05, 0) is 30.5 Å². The maximum absolute atomic E-state index is 5.47. The Bertz CT molecular complexity index is 1220. The molecule has 5 rings (SSSR count). The Hall–Kier alpha value is -3.04. The van der Waals surface area contributed by atoms with E-state index in [1.165, 1.54) is 0 Å². The van der Waals surface area contributed by atoms with Gasteiger partial charge in [0.15, 0.2) is 5.65 Å². The molecule has 0 saturated heterocycles. The fourth-order valence-corrected chi connectivity index (χ4v) is 4.36. The minimum atomic E-state index is -0.0561. The SMILES string of the molecule is CC(Sc1ncnc2c1cnn2-c1ccccc1)c1nc(-c2cccs2)no1. The first-order valence-corrected chi connectivity index (χ1v) is 10.3. The maximum Gasteiger partial charge on any atom is 0.240 e. The molecule has 0 aliphatic rings. The second-order valence-electron chi connectivity index (χ2n) is 6.00. The van der Waals surface area contributed by atoms with Crippen LogP contribution in [0.5, 0.6) is 0 Å². The summed E-state index contributed by atoms with van der Waals surface area (Å²) in [6.07, 6.45) is 3.35. The van der Waals surface area contributed by atoms with Gasteiger partial charge in [0, 0.05) is 0 Å². The molecule has 9 heteroatoms. The van der Waals surface area contributed by atoms with Gasteiger partial charge in [0.1, 0.15) is 11.4 Å². The number of nitrogens with zero attached hydrogens (tertiary/aromatic N) is 6. The Labute approximate surface area is 168 Å². The van der Waals surface area contributed by atoms with Crippen molar-refractivity contribution in [3.8, 4) is 16.4 Å². The van der Waals surface area contributed by atoms with Gasteiger partial charge in [0.2, 0.25) is 11.7 Å². The van der Waals surface area contributed by atoms with E-state index in [4.69, 9.17) is 4.52 Å². The van der Waals surface area contributed by atoms with E-state index in [0.717, 1.165) is 26.6 Å². The fraction of sp³-hybridized carbons (Fsp3) is 0.105. The third-order valence-corrected chi connectivity index (χ3v) is 6.12. The number of thiophene rings is 1. The number of hydrogen-bond acceptors (Lipinski definition) is 8. The van der Waals surface area contributed by atoms with Gasteiger partial charge in [0.05, 0.1) is 27.4 Å². The van der Waals surface area contributed by atoms with Gasteiger partial charge in [-0.1, -0.05) is 41.2 Å². The van der Waals surface area contributed by atoms with Crippen LogP contribution < -0.4 is 0 Å². The molecule has 0 bridgehead atoms. The molecule has 1 atom stereocenters. The first-order chi connectivity index (χ1) is 13.8. The van der Waals surface area contributed by atoms with Crippen LogP contribution in [0.25, 0.3) is 27.4 Å². The lowest BCUT2D eigenvalue weighted by Gasteiger charge is -2.07. The first kappa shape index (κ1) is 17.1. The van der Waals surface area contributed by atoms with Crippen LogP contribution in [-0.4, -0.2) is 29.9 Å². The van der Waals surface area contributed by atoms with Gasteiger partial charge in [-0.25, -0.2) is 14.6 Å². The maximum atomic E-state index is 5.47. The summed E-state index contributed by atoms with van der Waals surface area (Å²) in [5.74, 6) is 1.18. The van der Waals surface area contributed by atoms with Crippen molar-refractivity contribution in [3.05, 3.63) is 66.3 Å². The summed E-state index contributed by atoms with van der Waals surface area (Å²) < 4.78 is 7.28. The van der Waals surface area contributed by atoms with Crippen molar-refractivity contribution in [2.24, 2.45) is 0 Å². The Morgan fingerprint density at radius 1 is 1.11 bits per heavy atom. The van der Waals surface area contributed by atoms with Crippen LogP contribution in [0.3, 0.4) is 0 Å². The summed E-state index contributed by atoms with van der Waals surface area (Å²) in [4.78, 5) is 14.4. The van der Waals surface area contributed by atoms with E-state index in [9.17, 15) is 0 Å². The van der Waals surface area contributed by atoms with Crippen LogP contribution in [0.1, 0.15) is 18.1 Å². The second-order valence-corrected chi connectivity index (χ2v) is 8.28. The summed E-state index contributed by atoms with van der Waals surface area (Å²) in [5, 5.41) is 12.2. The van der Waals surface area contributed by atoms with Crippen LogP contribution in [0.4, 0.5) is 0 Å². The van der Waals surface area contributed by atoms with E-state index in [0.29, 0.717) is 11.7 Å². The highest BCUT2D eigenvalue weighted by molar-refractivity contribution is 7.99. The molecule has 4 aromatic heterocycles. The van der Waals surface area contributed by atoms with Crippen LogP contribution in [0.2, 0.25) is 0 Å². The average molecular weight is 406 g/mol. The highest BCUT2D eigenvalue weighted by atomic mass is 32.2. The van der Waals surface area contributed by atoms with E-state index in [-0.39, 0.29) is 5.25 Å². The third-order valence-electron chi connectivity index (χ3n) is 4.15. The van der Waals surface area contributed by atoms with Crippen molar-refractivity contribution in [2.75, 3.05) is 0 Å². The Balaban J connectivity index is 1.45. The summed E-state index contributed by atoms with van der Waals surface area (Å²) in [6, 6.07) is 13.9. The van der Waals surface area contributed by atoms with Gasteiger partial charge in [-0.2, -0.15) is 10.1 Å². The van der Waals surface area contributed by atoms with Gasteiger partial charge in [-0.3, -0.25) is 0 Å². The predicted molar refractivity (Wildman–Crippen MR) is 109 cm³/mol. The van der Waals surface area contributed by atoms with E-state index in [1.54, 1.807) is 35.6 Å². The lowest BCUT2D eigenvalue weighted by atomic mass is 10.3. The summed E-state index contributed by atoms with van der Waals surface area (Å²) in [5.41, 5.74) is 1.72. The van der Waals surface area contributed by atoms with E-state index in [1.807, 2.05) is 59.5 Å². The minimum absolute atomic E-state index is 0.0561. The zero-order chi connectivity index (χ0) is 18.9. The number of benzene rings is 1. The third kappa shape index (κ3) is 3.08. The molecule has 4 heterocycles. The van der Waals surface area contributed by atoms with E-state index in [2.05, 4.69) is 25.2 Å². The lowest BCUT2D eigenvalue weighted by molar-refractivity contribution is 0.381. The van der Waals surface area contributed by atoms with Crippen molar-refractivity contribution < 1.29 is 4.52 Å². The van der Waals surface area contributed by atoms with E-state index < -0.39 is 0 Å². The largest absolute Gasteiger partial charge is 0.338 e. The predicted octanol–water partition coefficient (Wildman–Crippen LogP) is 4.78. The summed E-state index contributed by atoms with van der Waals surface area (Å²) in [7, 11) is 0. The normalized spacial score (nSPS) is 12.5. The molecule has 7 nitrogen and oxygen atoms in total. The second kappa shape index (κ2) is 7.17. The van der Waals surface area contributed by atoms with Crippen molar-refractivity contribution in [1.29, 1.82) is 0 Å². The standard InChI is InChI=1S/C19H14N6OS2/c1-12(18-23-16(24-26-18)15-8-5-9-27-15)28-19-14-10-22-25(17(14)20-11-21-19)13-6-3-2-4-7-13/h2-12H,1H3. The van der Waals surface area contributed by atoms with Crippen LogP contribution >= 0.6 is 23.1 Å². The Kier molecular flexibility index (Phi) is 4.38. The molecule has 0 saturated carbocycles. The number of para-hydroxylation sites is 1. The summed E-state index contributed by atoms with van der Waals surface area (Å²) >= 11 is 3.13. The topological polar surface area (TPSA) is 82.5 Å². The lowest BCUT2D eigenvalue weighted by Crippen LogP contribution is -1.98. The number of hydrogen-bond donors (Lipinski definition) is 0. The molecule has 28 heavy (non-hydrogen) atoms. The highest BCUT2D eigenvalue weighted by Gasteiger charge is 2.20. The monoisotopic (exact) mass is 406 g/mol. The van der Waals surface area contributed by atoms with Gasteiger partial charge >= 0.3 is 0 Å². The van der Waals surface area contributed by atoms with Crippen molar-refractivity contribution in [2.45, 2.75) is 17.2 Å². The molecule has 0 fully saturated rings. The molecule has 5 aromatic rings. The van der Waals surface area contributed by atoms with Crippen molar-refractivity contribution >= 4 is 34.1 Å². The minimum Gasteiger partial charge on any atom is -0.338 e. The molecule has 1 unspecified atom stereocenters. The van der Waals surface area contributed by atoms with E-state index >= 15 is 0 Å². The van der Waals surface area contributed by atoms with Gasteiger partial charge < -0.3 is 4.52 Å². The van der Waals surface area contributed by atoms with Crippen molar-refractivity contribution in [3.63, 3.8) is 0 Å². The molecule has 0 spiro atoms. The molecular formula is C19H14N6OS2. The van der Waals surface area contributed by atoms with Crippen molar-refractivity contribution in [1.82, 2.24) is 29.9 Å². The molecule has 0 aliphatic heterocycles. The number of fused-ring (bicyclic) bond motifs is 1. The Morgan fingerprint density at radius 2 is 2.00 bits per heavy atom.